The molecule has 1 aliphatic carbocycles. The Bertz CT molecular complexity index is 851. The molecule has 1 atom stereocenters. The number of aromatic nitrogens is 3. The molecular formula is C18H18N4O3. The highest BCUT2D eigenvalue weighted by molar-refractivity contribution is 5.94. The molecule has 1 aliphatic rings. The maximum atomic E-state index is 12.4. The Kier molecular flexibility index (Phi) is 4.07. The quantitative estimate of drug-likeness (QED) is 0.640. The highest BCUT2D eigenvalue weighted by Crippen LogP contribution is 2.38. The number of aliphatic hydroxyl groups excluding tert-OH is 1. The molecule has 1 amide bonds. The third kappa shape index (κ3) is 3.32. The molecular weight excluding hydrogens is 320 g/mol. The second-order valence-corrected chi connectivity index (χ2v) is 6.12. The van der Waals surface area contributed by atoms with Crippen LogP contribution in [0.1, 0.15) is 46.7 Å². The van der Waals surface area contributed by atoms with E-state index in [0.29, 0.717) is 23.1 Å². The lowest BCUT2D eigenvalue weighted by Crippen LogP contribution is -2.30. The van der Waals surface area contributed by atoms with Crippen LogP contribution in [0.15, 0.2) is 47.1 Å². The fourth-order valence-corrected chi connectivity index (χ4v) is 2.65. The van der Waals surface area contributed by atoms with Gasteiger partial charge in [-0.25, -0.2) is 4.98 Å². The molecule has 7 heteroatoms. The lowest BCUT2D eigenvalue weighted by atomic mass is 10.1. The Morgan fingerprint density at radius 2 is 2.12 bits per heavy atom. The summed E-state index contributed by atoms with van der Waals surface area (Å²) in [5, 5.41) is 19.4. The lowest BCUT2D eigenvalue weighted by molar-refractivity contribution is 0.0907. The van der Waals surface area contributed by atoms with Gasteiger partial charge in [-0.3, -0.25) is 9.89 Å². The molecule has 4 rings (SSSR count). The van der Waals surface area contributed by atoms with E-state index in [9.17, 15) is 9.90 Å². The van der Waals surface area contributed by atoms with Crippen molar-refractivity contribution in [3.63, 3.8) is 0 Å². The van der Waals surface area contributed by atoms with Gasteiger partial charge in [0.15, 0.2) is 5.82 Å². The number of rotatable bonds is 6. The number of hydrogen-bond acceptors (Lipinski definition) is 5. The minimum absolute atomic E-state index is 0.238. The van der Waals surface area contributed by atoms with E-state index >= 15 is 0 Å². The Morgan fingerprint density at radius 3 is 2.76 bits per heavy atom. The Hall–Kier alpha value is -2.93. The molecule has 1 saturated carbocycles. The molecule has 0 bridgehead atoms. The number of nitrogens with one attached hydrogen (secondary N) is 2. The fraction of sp³-hybridized carbons (Fsp3) is 0.278. The maximum absolute atomic E-state index is 12.4. The number of nitrogens with zero attached hydrogens (tertiary/aromatic N) is 2. The van der Waals surface area contributed by atoms with Crippen LogP contribution < -0.4 is 5.32 Å². The zero-order chi connectivity index (χ0) is 17.2. The number of aliphatic hydroxyl groups is 1. The number of carbonyl (C=O) groups is 1. The van der Waals surface area contributed by atoms with Gasteiger partial charge in [-0.05, 0) is 37.1 Å². The highest BCUT2D eigenvalue weighted by Gasteiger charge is 2.27. The van der Waals surface area contributed by atoms with Crippen molar-refractivity contribution in [2.45, 2.75) is 24.8 Å². The van der Waals surface area contributed by atoms with Gasteiger partial charge in [0.05, 0.1) is 12.9 Å². The van der Waals surface area contributed by atoms with Gasteiger partial charge in [0, 0.05) is 17.0 Å². The first-order valence-corrected chi connectivity index (χ1v) is 8.22. The van der Waals surface area contributed by atoms with Crippen LogP contribution in [-0.4, -0.2) is 32.8 Å². The van der Waals surface area contributed by atoms with E-state index in [4.69, 9.17) is 4.42 Å². The smallest absolute Gasteiger partial charge is 0.251 e. The molecule has 3 aromatic rings. The summed E-state index contributed by atoms with van der Waals surface area (Å²) >= 11 is 0. The van der Waals surface area contributed by atoms with E-state index in [-0.39, 0.29) is 12.5 Å². The predicted molar refractivity (Wildman–Crippen MR) is 89.8 cm³/mol. The molecule has 1 fully saturated rings. The predicted octanol–water partition coefficient (Wildman–Crippen LogP) is 2.41. The Morgan fingerprint density at radius 1 is 1.32 bits per heavy atom. The molecule has 128 valence electrons. The standard InChI is InChI=1S/C18H18N4O3/c23-10-14(15-2-1-9-25-15)19-18(24)13-7-5-12(6-8-13)17-20-16(21-22-17)11-3-4-11/h1-2,5-9,11,14,23H,3-4,10H2,(H,19,24)(H,20,21,22). The van der Waals surface area contributed by atoms with Crippen LogP contribution >= 0.6 is 0 Å². The Labute approximate surface area is 144 Å². The number of benzene rings is 1. The summed E-state index contributed by atoms with van der Waals surface area (Å²) in [5.41, 5.74) is 1.34. The first-order valence-electron chi connectivity index (χ1n) is 8.22. The third-order valence-electron chi connectivity index (χ3n) is 4.25. The number of amides is 1. The summed E-state index contributed by atoms with van der Waals surface area (Å²) in [6.07, 6.45) is 3.83. The van der Waals surface area contributed by atoms with Gasteiger partial charge in [0.25, 0.3) is 5.91 Å². The van der Waals surface area contributed by atoms with Crippen molar-refractivity contribution in [3.8, 4) is 11.4 Å². The summed E-state index contributed by atoms with van der Waals surface area (Å²) in [6, 6.07) is 9.92. The van der Waals surface area contributed by atoms with Crippen molar-refractivity contribution in [1.29, 1.82) is 0 Å². The van der Waals surface area contributed by atoms with Crippen molar-refractivity contribution in [3.05, 3.63) is 59.8 Å². The van der Waals surface area contributed by atoms with Gasteiger partial charge < -0.3 is 14.8 Å². The molecule has 0 radical (unpaired) electrons. The minimum Gasteiger partial charge on any atom is -0.467 e. The molecule has 3 N–H and O–H groups in total. The normalized spacial score (nSPS) is 15.1. The van der Waals surface area contributed by atoms with Crippen LogP contribution in [0, 0.1) is 0 Å². The minimum atomic E-state index is -0.573. The zero-order valence-corrected chi connectivity index (χ0v) is 13.5. The van der Waals surface area contributed by atoms with Crippen molar-refractivity contribution in [1.82, 2.24) is 20.5 Å². The molecule has 0 spiro atoms. The van der Waals surface area contributed by atoms with Crippen molar-refractivity contribution in [2.24, 2.45) is 0 Å². The van der Waals surface area contributed by atoms with E-state index in [2.05, 4.69) is 20.5 Å². The second-order valence-electron chi connectivity index (χ2n) is 6.12. The summed E-state index contributed by atoms with van der Waals surface area (Å²) in [4.78, 5) is 16.9. The summed E-state index contributed by atoms with van der Waals surface area (Å²) in [6.45, 7) is -0.238. The number of hydrogen-bond donors (Lipinski definition) is 3. The van der Waals surface area contributed by atoms with E-state index in [1.807, 2.05) is 12.1 Å². The monoisotopic (exact) mass is 338 g/mol. The molecule has 7 nitrogen and oxygen atoms in total. The van der Waals surface area contributed by atoms with Crippen LogP contribution in [0.3, 0.4) is 0 Å². The van der Waals surface area contributed by atoms with Crippen LogP contribution in [0.4, 0.5) is 0 Å². The SMILES string of the molecule is O=C(NC(CO)c1ccco1)c1ccc(-c2n[nH]c(C3CC3)n2)cc1. The lowest BCUT2D eigenvalue weighted by Gasteiger charge is -2.14. The maximum Gasteiger partial charge on any atom is 0.251 e. The van der Waals surface area contributed by atoms with Crippen LogP contribution in [0.25, 0.3) is 11.4 Å². The average molecular weight is 338 g/mol. The van der Waals surface area contributed by atoms with Crippen LogP contribution in [-0.2, 0) is 0 Å². The summed E-state index contributed by atoms with van der Waals surface area (Å²) < 4.78 is 5.23. The molecule has 1 aromatic carbocycles. The molecule has 2 aromatic heterocycles. The first kappa shape index (κ1) is 15.6. The molecule has 0 saturated heterocycles. The van der Waals surface area contributed by atoms with Gasteiger partial charge in [-0.15, -0.1) is 0 Å². The van der Waals surface area contributed by atoms with Gasteiger partial charge >= 0.3 is 0 Å². The van der Waals surface area contributed by atoms with Gasteiger partial charge in [-0.1, -0.05) is 12.1 Å². The van der Waals surface area contributed by atoms with E-state index < -0.39 is 6.04 Å². The Balaban J connectivity index is 1.46. The van der Waals surface area contributed by atoms with Gasteiger partial charge in [0.1, 0.15) is 17.6 Å². The van der Waals surface area contributed by atoms with E-state index in [0.717, 1.165) is 24.2 Å². The van der Waals surface area contributed by atoms with Gasteiger partial charge in [-0.2, -0.15) is 5.10 Å². The first-order chi connectivity index (χ1) is 12.2. The summed E-state index contributed by atoms with van der Waals surface area (Å²) in [7, 11) is 0. The molecule has 25 heavy (non-hydrogen) atoms. The number of furan rings is 1. The second kappa shape index (κ2) is 6.52. The van der Waals surface area contributed by atoms with E-state index in [1.54, 1.807) is 24.3 Å². The number of carbonyl (C=O) groups excluding carboxylic acids is 1. The molecule has 1 unspecified atom stereocenters. The average Bonchev–Trinajstić information content (AvgIpc) is 3.14. The zero-order valence-electron chi connectivity index (χ0n) is 13.5. The van der Waals surface area contributed by atoms with Crippen LogP contribution in [0.2, 0.25) is 0 Å². The summed E-state index contributed by atoms with van der Waals surface area (Å²) in [5.74, 6) is 2.32. The topological polar surface area (TPSA) is 104 Å². The highest BCUT2D eigenvalue weighted by atomic mass is 16.3. The molecule has 0 aliphatic heterocycles. The fourth-order valence-electron chi connectivity index (χ4n) is 2.65. The van der Waals surface area contributed by atoms with Crippen molar-refractivity contribution < 1.29 is 14.3 Å². The number of H-pyrrole nitrogens is 1. The third-order valence-corrected chi connectivity index (χ3v) is 4.25. The van der Waals surface area contributed by atoms with Crippen molar-refractivity contribution in [2.75, 3.05) is 6.61 Å². The van der Waals surface area contributed by atoms with Gasteiger partial charge in [0.2, 0.25) is 0 Å². The van der Waals surface area contributed by atoms with Crippen molar-refractivity contribution >= 4 is 5.91 Å². The van der Waals surface area contributed by atoms with E-state index in [1.165, 1.54) is 6.26 Å². The number of aromatic amines is 1. The molecule has 2 heterocycles. The van der Waals surface area contributed by atoms with Crippen LogP contribution in [0.5, 0.6) is 0 Å². The largest absolute Gasteiger partial charge is 0.467 e.